The van der Waals surface area contributed by atoms with Crippen molar-refractivity contribution < 1.29 is 0 Å². The molecule has 124 valence electrons. The van der Waals surface area contributed by atoms with Crippen molar-refractivity contribution in [3.05, 3.63) is 76.9 Å². The second kappa shape index (κ2) is 6.94. The maximum absolute atomic E-state index is 2.62. The monoisotopic (exact) mass is 317 g/mol. The Balaban J connectivity index is 1.71. The van der Waals surface area contributed by atoms with Gasteiger partial charge in [-0.15, -0.1) is 0 Å². The number of rotatable bonds is 2. The Labute approximate surface area is 146 Å². The van der Waals surface area contributed by atoms with Crippen LogP contribution in [0.1, 0.15) is 42.0 Å². The lowest BCUT2D eigenvalue weighted by molar-refractivity contribution is 0.201. The lowest BCUT2D eigenvalue weighted by atomic mass is 9.93. The minimum Gasteiger partial charge on any atom is -0.299 e. The fourth-order valence-corrected chi connectivity index (χ4v) is 4.31. The third-order valence-corrected chi connectivity index (χ3v) is 5.57. The molecule has 1 heteroatoms. The number of benzene rings is 2. The van der Waals surface area contributed by atoms with Crippen molar-refractivity contribution in [2.75, 3.05) is 19.6 Å². The Hall–Kier alpha value is -1.86. The van der Waals surface area contributed by atoms with Gasteiger partial charge in [0.1, 0.15) is 0 Å². The van der Waals surface area contributed by atoms with Crippen molar-refractivity contribution in [3.8, 4) is 0 Å². The van der Waals surface area contributed by atoms with E-state index in [1.165, 1.54) is 53.8 Å². The first-order chi connectivity index (χ1) is 11.8. The smallest absolute Gasteiger partial charge is 0.0172 e. The summed E-state index contributed by atoms with van der Waals surface area (Å²) in [5.74, 6) is 0.839. The van der Waals surface area contributed by atoms with Crippen LogP contribution in [0.3, 0.4) is 0 Å². The van der Waals surface area contributed by atoms with Crippen molar-refractivity contribution in [3.63, 3.8) is 0 Å². The molecule has 0 saturated carbocycles. The summed E-state index contributed by atoms with van der Waals surface area (Å²) in [5.41, 5.74) is 7.30. The highest BCUT2D eigenvalue weighted by Crippen LogP contribution is 2.33. The van der Waals surface area contributed by atoms with Crippen molar-refractivity contribution in [2.24, 2.45) is 5.92 Å². The largest absolute Gasteiger partial charge is 0.299 e. The Bertz CT molecular complexity index is 694. The number of hydrogen-bond acceptors (Lipinski definition) is 1. The van der Waals surface area contributed by atoms with Gasteiger partial charge in [-0.05, 0) is 66.0 Å². The molecule has 2 aromatic carbocycles. The van der Waals surface area contributed by atoms with Crippen LogP contribution in [-0.4, -0.2) is 24.5 Å². The maximum atomic E-state index is 2.62. The Morgan fingerprint density at radius 1 is 0.958 bits per heavy atom. The fourth-order valence-electron chi connectivity index (χ4n) is 4.31. The van der Waals surface area contributed by atoms with E-state index in [0.29, 0.717) is 0 Å². The first kappa shape index (κ1) is 15.7. The van der Waals surface area contributed by atoms with Gasteiger partial charge < -0.3 is 0 Å². The number of fused-ring (bicyclic) bond motifs is 2. The molecule has 0 amide bonds. The highest BCUT2D eigenvalue weighted by molar-refractivity contribution is 5.84. The molecule has 0 radical (unpaired) electrons. The van der Waals surface area contributed by atoms with Gasteiger partial charge in [-0.3, -0.25) is 4.90 Å². The molecule has 1 aliphatic carbocycles. The van der Waals surface area contributed by atoms with Gasteiger partial charge in [0.15, 0.2) is 0 Å². The van der Waals surface area contributed by atoms with Crippen LogP contribution in [0, 0.1) is 5.92 Å². The molecule has 1 nitrogen and oxygen atoms in total. The van der Waals surface area contributed by atoms with Crippen molar-refractivity contribution >= 4 is 5.57 Å². The van der Waals surface area contributed by atoms with E-state index in [-0.39, 0.29) is 0 Å². The van der Waals surface area contributed by atoms with Crippen LogP contribution in [0.2, 0.25) is 0 Å². The van der Waals surface area contributed by atoms with Gasteiger partial charge in [0.25, 0.3) is 0 Å². The molecule has 1 atom stereocenters. The summed E-state index contributed by atoms with van der Waals surface area (Å²) in [6.07, 6.45) is 7.51. The van der Waals surface area contributed by atoms with Crippen LogP contribution in [0.15, 0.2) is 54.6 Å². The van der Waals surface area contributed by atoms with Gasteiger partial charge in [-0.1, -0.05) is 61.5 Å². The van der Waals surface area contributed by atoms with E-state index in [2.05, 4.69) is 66.4 Å². The number of hydrogen-bond donors (Lipinski definition) is 0. The number of nitrogens with zero attached hydrogens (tertiary/aromatic N) is 1. The molecule has 1 unspecified atom stereocenters. The molecule has 1 saturated heterocycles. The Kier molecular flexibility index (Phi) is 4.53. The van der Waals surface area contributed by atoms with Crippen LogP contribution in [-0.2, 0) is 12.8 Å². The van der Waals surface area contributed by atoms with E-state index in [0.717, 1.165) is 25.3 Å². The molecule has 4 rings (SSSR count). The van der Waals surface area contributed by atoms with E-state index in [1.54, 1.807) is 0 Å². The summed E-state index contributed by atoms with van der Waals surface area (Å²) in [6.45, 7) is 5.95. The minimum atomic E-state index is 0.839. The highest BCUT2D eigenvalue weighted by Gasteiger charge is 2.19. The Morgan fingerprint density at radius 2 is 1.58 bits per heavy atom. The van der Waals surface area contributed by atoms with Crippen LogP contribution in [0.5, 0.6) is 0 Å². The summed E-state index contributed by atoms with van der Waals surface area (Å²) in [6, 6.07) is 17.9. The summed E-state index contributed by atoms with van der Waals surface area (Å²) in [7, 11) is 0. The zero-order valence-electron chi connectivity index (χ0n) is 14.7. The van der Waals surface area contributed by atoms with Crippen molar-refractivity contribution in [2.45, 2.75) is 32.6 Å². The van der Waals surface area contributed by atoms with Gasteiger partial charge in [0, 0.05) is 13.1 Å². The predicted octanol–water partition coefficient (Wildman–Crippen LogP) is 4.95. The normalized spacial score (nSPS) is 20.9. The van der Waals surface area contributed by atoms with Gasteiger partial charge >= 0.3 is 0 Å². The van der Waals surface area contributed by atoms with Crippen molar-refractivity contribution in [1.82, 2.24) is 4.90 Å². The summed E-state index contributed by atoms with van der Waals surface area (Å²) >= 11 is 0. The van der Waals surface area contributed by atoms with Gasteiger partial charge in [-0.25, -0.2) is 0 Å². The van der Waals surface area contributed by atoms with Crippen LogP contribution in [0.4, 0.5) is 0 Å². The summed E-state index contributed by atoms with van der Waals surface area (Å²) in [4.78, 5) is 2.62. The average Bonchev–Trinajstić information content (AvgIpc) is 2.77. The lowest BCUT2D eigenvalue weighted by Crippen LogP contribution is -2.34. The lowest BCUT2D eigenvalue weighted by Gasteiger charge is -2.30. The molecule has 24 heavy (non-hydrogen) atoms. The molecule has 0 aromatic heterocycles. The van der Waals surface area contributed by atoms with Crippen LogP contribution < -0.4 is 0 Å². The molecular weight excluding hydrogens is 290 g/mol. The molecule has 0 N–H and O–H groups in total. The third-order valence-electron chi connectivity index (χ3n) is 5.57. The average molecular weight is 317 g/mol. The predicted molar refractivity (Wildman–Crippen MR) is 102 cm³/mol. The second-order valence-electron chi connectivity index (χ2n) is 7.44. The Morgan fingerprint density at radius 3 is 2.21 bits per heavy atom. The van der Waals surface area contributed by atoms with E-state index < -0.39 is 0 Å². The second-order valence-corrected chi connectivity index (χ2v) is 7.44. The highest BCUT2D eigenvalue weighted by atomic mass is 15.1. The van der Waals surface area contributed by atoms with E-state index in [1.807, 2.05) is 0 Å². The van der Waals surface area contributed by atoms with Gasteiger partial charge in [0.05, 0.1) is 0 Å². The topological polar surface area (TPSA) is 3.24 Å². The maximum Gasteiger partial charge on any atom is 0.0172 e. The quantitative estimate of drug-likeness (QED) is 0.757. The molecule has 0 bridgehead atoms. The molecule has 1 aliphatic heterocycles. The first-order valence-corrected chi connectivity index (χ1v) is 9.40. The molecule has 2 aliphatic rings. The van der Waals surface area contributed by atoms with Crippen molar-refractivity contribution in [1.29, 1.82) is 0 Å². The molecule has 1 fully saturated rings. The third kappa shape index (κ3) is 3.18. The molecular formula is C23H27N. The van der Waals surface area contributed by atoms with Gasteiger partial charge in [-0.2, -0.15) is 0 Å². The molecule has 1 heterocycles. The van der Waals surface area contributed by atoms with E-state index in [4.69, 9.17) is 0 Å². The zero-order chi connectivity index (χ0) is 16.4. The fraction of sp³-hybridized carbons (Fsp3) is 0.391. The summed E-state index contributed by atoms with van der Waals surface area (Å²) < 4.78 is 0. The van der Waals surface area contributed by atoms with Crippen LogP contribution in [0.25, 0.3) is 5.57 Å². The zero-order valence-corrected chi connectivity index (χ0v) is 14.7. The van der Waals surface area contributed by atoms with E-state index >= 15 is 0 Å². The molecule has 0 spiro atoms. The summed E-state index contributed by atoms with van der Waals surface area (Å²) in [5, 5.41) is 0. The number of aryl methyl sites for hydroxylation is 2. The van der Waals surface area contributed by atoms with Gasteiger partial charge in [0.2, 0.25) is 0 Å². The first-order valence-electron chi connectivity index (χ1n) is 9.40. The standard InChI is InChI=1S/C23H27N/c1-18-7-6-15-24(17-18)16-14-23-21-10-4-2-8-19(21)12-13-20-9-3-5-11-22(20)23/h2-5,8-11,14,18H,6-7,12-13,15-17H2,1H3. The molecule has 2 aromatic rings. The number of likely N-dealkylation sites (tertiary alicyclic amines) is 1. The SMILES string of the molecule is CC1CCCN(CC=C2c3ccccc3CCc3ccccc32)C1. The number of piperidine rings is 1. The van der Waals surface area contributed by atoms with E-state index in [9.17, 15) is 0 Å². The minimum absolute atomic E-state index is 0.839. The van der Waals surface area contributed by atoms with Crippen LogP contribution >= 0.6 is 0 Å².